The second-order valence-electron chi connectivity index (χ2n) is 4.99. The predicted molar refractivity (Wildman–Crippen MR) is 64.2 cm³/mol. The van der Waals surface area contributed by atoms with Gasteiger partial charge in [-0.15, -0.1) is 0 Å². The maximum absolute atomic E-state index is 14.0. The van der Waals surface area contributed by atoms with Gasteiger partial charge in [-0.2, -0.15) is 0 Å². The number of hydrogen-bond donors (Lipinski definition) is 0. The Bertz CT molecular complexity index is 666. The van der Waals surface area contributed by atoms with Crippen LogP contribution in [-0.4, -0.2) is 11.9 Å². The molecule has 1 nitrogen and oxygen atoms in total. The first kappa shape index (κ1) is 10.2. The molecule has 2 aromatic carbocycles. The molecule has 2 aliphatic rings. The molecule has 4 rings (SSSR count). The van der Waals surface area contributed by atoms with Crippen molar-refractivity contribution in [3.05, 3.63) is 70.3 Å². The van der Waals surface area contributed by atoms with E-state index in [0.717, 1.165) is 17.2 Å². The largest absolute Gasteiger partial charge is 0.284 e. The van der Waals surface area contributed by atoms with E-state index in [1.807, 2.05) is 31.3 Å². The van der Waals surface area contributed by atoms with Crippen LogP contribution < -0.4 is 0 Å². The summed E-state index contributed by atoms with van der Waals surface area (Å²) in [5.74, 6) is -0.927. The van der Waals surface area contributed by atoms with Crippen LogP contribution in [0, 0.1) is 11.6 Å². The Labute approximate surface area is 104 Å². The summed E-state index contributed by atoms with van der Waals surface area (Å²) in [5.41, 5.74) is 3.73. The van der Waals surface area contributed by atoms with E-state index in [2.05, 4.69) is 4.90 Å². The number of halogens is 2. The number of nitrogens with zero attached hydrogens (tertiary/aromatic N) is 1. The molecule has 2 heterocycles. The molecule has 0 fully saturated rings. The summed E-state index contributed by atoms with van der Waals surface area (Å²) in [6, 6.07) is 10.4. The van der Waals surface area contributed by atoms with Crippen molar-refractivity contribution in [3.8, 4) is 0 Å². The molecule has 2 aliphatic heterocycles. The van der Waals surface area contributed by atoms with Crippen molar-refractivity contribution in [3.63, 3.8) is 0 Å². The van der Waals surface area contributed by atoms with E-state index in [-0.39, 0.29) is 12.1 Å². The minimum Gasteiger partial charge on any atom is -0.284 e. The van der Waals surface area contributed by atoms with Gasteiger partial charge in [0.05, 0.1) is 12.1 Å². The van der Waals surface area contributed by atoms with E-state index in [1.54, 1.807) is 0 Å². The van der Waals surface area contributed by atoms with E-state index in [1.165, 1.54) is 11.6 Å². The summed E-state index contributed by atoms with van der Waals surface area (Å²) in [7, 11) is 1.96. The highest BCUT2D eigenvalue weighted by Crippen LogP contribution is 2.55. The van der Waals surface area contributed by atoms with Gasteiger partial charge in [-0.25, -0.2) is 8.78 Å². The van der Waals surface area contributed by atoms with Gasteiger partial charge in [0, 0.05) is 11.6 Å². The Morgan fingerprint density at radius 1 is 0.944 bits per heavy atom. The average Bonchev–Trinajstić information content (AvgIpc) is 2.78. The molecule has 0 spiro atoms. The predicted octanol–water partition coefficient (Wildman–Crippen LogP) is 3.40. The maximum Gasteiger partial charge on any atom is 0.131 e. The highest BCUT2D eigenvalue weighted by Gasteiger charge is 2.47. The molecular weight excluding hydrogens is 232 g/mol. The van der Waals surface area contributed by atoms with Gasteiger partial charge in [0.15, 0.2) is 0 Å². The highest BCUT2D eigenvalue weighted by atomic mass is 19.1. The molecule has 0 saturated heterocycles. The zero-order valence-corrected chi connectivity index (χ0v) is 9.82. The third-order valence-corrected chi connectivity index (χ3v) is 4.09. The molecule has 2 atom stereocenters. The van der Waals surface area contributed by atoms with Crippen LogP contribution in [0.15, 0.2) is 36.4 Å². The third-order valence-electron chi connectivity index (χ3n) is 4.09. The Morgan fingerprint density at radius 3 is 2.33 bits per heavy atom. The lowest BCUT2D eigenvalue weighted by Gasteiger charge is -2.17. The molecule has 0 N–H and O–H groups in total. The van der Waals surface area contributed by atoms with Gasteiger partial charge in [-0.3, -0.25) is 4.90 Å². The van der Waals surface area contributed by atoms with Crippen LogP contribution in [-0.2, 0) is 0 Å². The topological polar surface area (TPSA) is 3.24 Å². The molecule has 0 aromatic heterocycles. The van der Waals surface area contributed by atoms with Crippen LogP contribution in [0.5, 0.6) is 0 Å². The summed E-state index contributed by atoms with van der Waals surface area (Å²) in [4.78, 5) is 2.11. The first-order valence-corrected chi connectivity index (χ1v) is 5.98. The quantitative estimate of drug-likeness (QED) is 0.685. The molecule has 0 radical (unpaired) electrons. The highest BCUT2D eigenvalue weighted by molar-refractivity contribution is 5.57. The van der Waals surface area contributed by atoms with Crippen molar-refractivity contribution in [2.45, 2.75) is 12.1 Å². The fourth-order valence-electron chi connectivity index (χ4n) is 3.46. The molecule has 0 amide bonds. The van der Waals surface area contributed by atoms with Crippen LogP contribution in [0.3, 0.4) is 0 Å². The van der Waals surface area contributed by atoms with E-state index in [4.69, 9.17) is 0 Å². The second-order valence-corrected chi connectivity index (χ2v) is 4.99. The van der Waals surface area contributed by atoms with Gasteiger partial charge in [-0.05, 0) is 29.8 Å². The van der Waals surface area contributed by atoms with E-state index < -0.39 is 11.6 Å². The number of benzene rings is 2. The second kappa shape index (κ2) is 3.18. The lowest BCUT2D eigenvalue weighted by molar-refractivity contribution is 0.294. The summed E-state index contributed by atoms with van der Waals surface area (Å²) in [6.07, 6.45) is 0. The van der Waals surface area contributed by atoms with Gasteiger partial charge in [0.25, 0.3) is 0 Å². The van der Waals surface area contributed by atoms with Gasteiger partial charge in [0.2, 0.25) is 0 Å². The molecule has 18 heavy (non-hydrogen) atoms. The van der Waals surface area contributed by atoms with Crippen LogP contribution in [0.25, 0.3) is 0 Å². The van der Waals surface area contributed by atoms with Crippen molar-refractivity contribution in [1.82, 2.24) is 4.90 Å². The van der Waals surface area contributed by atoms with Gasteiger partial charge in [0.1, 0.15) is 11.6 Å². The van der Waals surface area contributed by atoms with E-state index >= 15 is 0 Å². The standard InChI is InChI=1S/C15H11F2N/c1-18-14-9-4-2-3-5-10(9)15(18)13-11(14)6-8(16)7-12(13)17/h2-7,14-15H,1H3. The Kier molecular flexibility index (Phi) is 1.80. The number of rotatable bonds is 0. The van der Waals surface area contributed by atoms with E-state index in [9.17, 15) is 8.78 Å². The summed E-state index contributed by atoms with van der Waals surface area (Å²) in [6.45, 7) is 0. The summed E-state index contributed by atoms with van der Waals surface area (Å²) in [5, 5.41) is 0. The third kappa shape index (κ3) is 1.03. The van der Waals surface area contributed by atoms with Crippen LogP contribution in [0.1, 0.15) is 34.3 Å². The normalized spacial score (nSPS) is 24.2. The minimum atomic E-state index is -0.496. The summed E-state index contributed by atoms with van der Waals surface area (Å²) < 4.78 is 27.4. The van der Waals surface area contributed by atoms with Gasteiger partial charge in [-0.1, -0.05) is 24.3 Å². The molecular formula is C15H11F2N. The van der Waals surface area contributed by atoms with Crippen molar-refractivity contribution >= 4 is 0 Å². The average molecular weight is 243 g/mol. The smallest absolute Gasteiger partial charge is 0.131 e. The minimum absolute atomic E-state index is 0.00796. The van der Waals surface area contributed by atoms with Gasteiger partial charge >= 0.3 is 0 Å². The van der Waals surface area contributed by atoms with Crippen molar-refractivity contribution in [1.29, 1.82) is 0 Å². The molecule has 0 saturated carbocycles. The first-order chi connectivity index (χ1) is 8.68. The number of fused-ring (bicyclic) bond motifs is 8. The van der Waals surface area contributed by atoms with Crippen LogP contribution >= 0.6 is 0 Å². The SMILES string of the molecule is CN1C2c3ccccc3C1c1c(F)cc(F)cc12. The lowest BCUT2D eigenvalue weighted by atomic mass is 9.86. The Balaban J connectivity index is 2.05. The summed E-state index contributed by atoms with van der Waals surface area (Å²) >= 11 is 0. The molecule has 2 aromatic rings. The zero-order chi connectivity index (χ0) is 12.4. The molecule has 2 unspecified atom stereocenters. The Morgan fingerprint density at radius 2 is 1.61 bits per heavy atom. The van der Waals surface area contributed by atoms with Crippen LogP contribution in [0.4, 0.5) is 8.78 Å². The maximum atomic E-state index is 14.0. The fourth-order valence-corrected chi connectivity index (χ4v) is 3.46. The lowest BCUT2D eigenvalue weighted by Crippen LogP contribution is -2.14. The molecule has 90 valence electrons. The molecule has 0 aliphatic carbocycles. The van der Waals surface area contributed by atoms with Gasteiger partial charge < -0.3 is 0 Å². The van der Waals surface area contributed by atoms with Crippen molar-refractivity contribution in [2.24, 2.45) is 0 Å². The zero-order valence-electron chi connectivity index (χ0n) is 9.82. The molecule has 2 bridgehead atoms. The number of hydrogen-bond acceptors (Lipinski definition) is 1. The van der Waals surface area contributed by atoms with Crippen LogP contribution in [0.2, 0.25) is 0 Å². The monoisotopic (exact) mass is 243 g/mol. The molecule has 3 heteroatoms. The Hall–Kier alpha value is -1.74. The fraction of sp³-hybridized carbons (Fsp3) is 0.200. The van der Waals surface area contributed by atoms with Crippen molar-refractivity contribution < 1.29 is 8.78 Å². The first-order valence-electron chi connectivity index (χ1n) is 5.98. The van der Waals surface area contributed by atoms with Crippen molar-refractivity contribution in [2.75, 3.05) is 7.05 Å². The van der Waals surface area contributed by atoms with E-state index in [0.29, 0.717) is 5.56 Å².